The summed E-state index contributed by atoms with van der Waals surface area (Å²) >= 11 is 5.93. The van der Waals surface area contributed by atoms with Gasteiger partial charge in [-0.1, -0.05) is 17.7 Å². The molecule has 0 atom stereocenters. The Hall–Kier alpha value is -2.14. The van der Waals surface area contributed by atoms with Crippen molar-refractivity contribution in [3.05, 3.63) is 56.5 Å². The van der Waals surface area contributed by atoms with E-state index in [1.54, 1.807) is 18.2 Å². The molecule has 0 fully saturated rings. The third-order valence-corrected chi connectivity index (χ3v) is 4.03. The minimum absolute atomic E-state index is 0.0991. The van der Waals surface area contributed by atoms with Gasteiger partial charge >= 0.3 is 0 Å². The number of carbonyl (C=O) groups is 1. The van der Waals surface area contributed by atoms with E-state index in [0.717, 1.165) is 36.1 Å². The molecule has 0 saturated carbocycles. The number of aryl methyl sites for hydroxylation is 3. The van der Waals surface area contributed by atoms with Crippen LogP contribution in [0.2, 0.25) is 5.02 Å². The van der Waals surface area contributed by atoms with Crippen LogP contribution in [-0.2, 0) is 24.2 Å². The lowest BCUT2D eigenvalue weighted by molar-refractivity contribution is -0.117. The number of amides is 1. The summed E-state index contributed by atoms with van der Waals surface area (Å²) < 4.78 is 1.22. The molecule has 0 radical (unpaired) electrons. The van der Waals surface area contributed by atoms with Crippen LogP contribution in [0.5, 0.6) is 0 Å². The zero-order valence-electron chi connectivity index (χ0n) is 12.2. The van der Waals surface area contributed by atoms with Gasteiger partial charge in [-0.3, -0.25) is 9.59 Å². The Morgan fingerprint density at radius 3 is 3.00 bits per heavy atom. The Labute approximate surface area is 132 Å². The summed E-state index contributed by atoms with van der Waals surface area (Å²) in [6.45, 7) is 1.78. The van der Waals surface area contributed by atoms with Gasteiger partial charge in [-0.2, -0.15) is 5.10 Å². The molecule has 5 nitrogen and oxygen atoms in total. The highest BCUT2D eigenvalue weighted by molar-refractivity contribution is 6.31. The monoisotopic (exact) mass is 317 g/mol. The molecule has 1 heterocycles. The van der Waals surface area contributed by atoms with E-state index in [1.165, 1.54) is 4.68 Å². The number of carbonyl (C=O) groups excluding carboxylic acids is 1. The molecule has 6 heteroatoms. The fraction of sp³-hybridized carbons (Fsp3) is 0.312. The van der Waals surface area contributed by atoms with E-state index in [-0.39, 0.29) is 18.0 Å². The minimum Gasteiger partial charge on any atom is -0.324 e. The molecule has 2 aromatic rings. The van der Waals surface area contributed by atoms with E-state index < -0.39 is 0 Å². The molecule has 1 N–H and O–H groups in total. The summed E-state index contributed by atoms with van der Waals surface area (Å²) in [5.41, 5.74) is 3.25. The highest BCUT2D eigenvalue weighted by Gasteiger charge is 2.16. The van der Waals surface area contributed by atoms with Gasteiger partial charge in [-0.25, -0.2) is 4.68 Å². The Bertz CT molecular complexity index is 798. The van der Waals surface area contributed by atoms with Gasteiger partial charge in [0.25, 0.3) is 5.56 Å². The summed E-state index contributed by atoms with van der Waals surface area (Å²) in [6, 6.07) is 6.87. The van der Waals surface area contributed by atoms with Crippen molar-refractivity contribution in [1.82, 2.24) is 9.78 Å². The topological polar surface area (TPSA) is 64.0 Å². The largest absolute Gasteiger partial charge is 0.324 e. The van der Waals surface area contributed by atoms with Crippen molar-refractivity contribution >= 4 is 23.2 Å². The fourth-order valence-corrected chi connectivity index (χ4v) is 2.78. The zero-order chi connectivity index (χ0) is 15.7. The summed E-state index contributed by atoms with van der Waals surface area (Å²) in [6.07, 6.45) is 2.77. The molecular weight excluding hydrogens is 302 g/mol. The summed E-state index contributed by atoms with van der Waals surface area (Å²) in [5.74, 6) is -0.294. The Balaban J connectivity index is 1.77. The lowest BCUT2D eigenvalue weighted by Gasteiger charge is -2.10. The molecule has 0 aliphatic heterocycles. The third kappa shape index (κ3) is 3.04. The smallest absolute Gasteiger partial charge is 0.267 e. The van der Waals surface area contributed by atoms with Crippen LogP contribution in [-0.4, -0.2) is 15.7 Å². The van der Waals surface area contributed by atoms with Crippen LogP contribution in [0.4, 0.5) is 5.69 Å². The Kier molecular flexibility index (Phi) is 3.98. The third-order valence-electron chi connectivity index (χ3n) is 3.79. The van der Waals surface area contributed by atoms with Crippen molar-refractivity contribution in [2.45, 2.75) is 32.7 Å². The van der Waals surface area contributed by atoms with Gasteiger partial charge in [-0.15, -0.1) is 0 Å². The standard InChI is InChI=1S/C16H16ClN3O2/c1-10-5-6-12(17)8-14(10)18-15(21)9-20-16(22)7-11-3-2-4-13(11)19-20/h5-8H,2-4,9H2,1H3,(H,18,21). The van der Waals surface area contributed by atoms with Gasteiger partial charge in [-0.05, 0) is 49.4 Å². The van der Waals surface area contributed by atoms with Crippen molar-refractivity contribution in [2.75, 3.05) is 5.32 Å². The molecule has 114 valence electrons. The fourth-order valence-electron chi connectivity index (χ4n) is 2.61. The molecule has 1 amide bonds. The molecule has 0 saturated heterocycles. The highest BCUT2D eigenvalue weighted by atomic mass is 35.5. The minimum atomic E-state index is -0.294. The second kappa shape index (κ2) is 5.93. The number of rotatable bonds is 3. The van der Waals surface area contributed by atoms with Gasteiger partial charge in [0.05, 0.1) is 5.69 Å². The molecule has 0 unspecified atom stereocenters. The molecule has 1 aliphatic carbocycles. The normalized spacial score (nSPS) is 13.0. The number of hydrogen-bond donors (Lipinski definition) is 1. The average molecular weight is 318 g/mol. The number of nitrogens with one attached hydrogen (secondary N) is 1. The van der Waals surface area contributed by atoms with E-state index in [0.29, 0.717) is 10.7 Å². The van der Waals surface area contributed by atoms with Crippen molar-refractivity contribution in [3.8, 4) is 0 Å². The van der Waals surface area contributed by atoms with Crippen molar-refractivity contribution in [3.63, 3.8) is 0 Å². The second-order valence-corrected chi connectivity index (χ2v) is 5.91. The Morgan fingerprint density at radius 1 is 1.36 bits per heavy atom. The molecule has 1 aliphatic rings. The number of halogens is 1. The molecule has 0 bridgehead atoms. The zero-order valence-corrected chi connectivity index (χ0v) is 13.0. The number of nitrogens with zero attached hydrogens (tertiary/aromatic N) is 2. The number of aromatic nitrogens is 2. The molecule has 0 spiro atoms. The highest BCUT2D eigenvalue weighted by Crippen LogP contribution is 2.20. The van der Waals surface area contributed by atoms with Gasteiger partial charge in [0.1, 0.15) is 6.54 Å². The molecule has 1 aromatic carbocycles. The van der Waals surface area contributed by atoms with Crippen LogP contribution < -0.4 is 10.9 Å². The van der Waals surface area contributed by atoms with Gasteiger partial charge < -0.3 is 5.32 Å². The number of anilines is 1. The number of fused-ring (bicyclic) bond motifs is 1. The number of hydrogen-bond acceptors (Lipinski definition) is 3. The maximum Gasteiger partial charge on any atom is 0.267 e. The van der Waals surface area contributed by atoms with Crippen molar-refractivity contribution < 1.29 is 4.79 Å². The van der Waals surface area contributed by atoms with Crippen LogP contribution in [0, 0.1) is 6.92 Å². The van der Waals surface area contributed by atoms with Crippen LogP contribution in [0.1, 0.15) is 23.2 Å². The quantitative estimate of drug-likeness (QED) is 0.945. The van der Waals surface area contributed by atoms with E-state index in [1.807, 2.05) is 13.0 Å². The van der Waals surface area contributed by atoms with Gasteiger partial charge in [0, 0.05) is 16.8 Å². The first-order chi connectivity index (χ1) is 10.5. The predicted octanol–water partition coefficient (Wildman–Crippen LogP) is 2.33. The van der Waals surface area contributed by atoms with Crippen LogP contribution in [0.15, 0.2) is 29.1 Å². The van der Waals surface area contributed by atoms with Crippen LogP contribution in [0.25, 0.3) is 0 Å². The summed E-state index contributed by atoms with van der Waals surface area (Å²) in [7, 11) is 0. The maximum absolute atomic E-state index is 12.1. The molecular formula is C16H16ClN3O2. The molecule has 3 rings (SSSR count). The first-order valence-electron chi connectivity index (χ1n) is 7.19. The number of benzene rings is 1. The van der Waals surface area contributed by atoms with E-state index >= 15 is 0 Å². The summed E-state index contributed by atoms with van der Waals surface area (Å²) in [5, 5.41) is 7.61. The van der Waals surface area contributed by atoms with Crippen LogP contribution in [0.3, 0.4) is 0 Å². The van der Waals surface area contributed by atoms with Gasteiger partial charge in [0.15, 0.2) is 0 Å². The van der Waals surface area contributed by atoms with E-state index in [2.05, 4.69) is 10.4 Å². The average Bonchev–Trinajstić information content (AvgIpc) is 2.90. The van der Waals surface area contributed by atoms with Crippen molar-refractivity contribution in [1.29, 1.82) is 0 Å². The SMILES string of the molecule is Cc1ccc(Cl)cc1NC(=O)Cn1nc2c(cc1=O)CCC2. The van der Waals surface area contributed by atoms with E-state index in [9.17, 15) is 9.59 Å². The molecule has 1 aromatic heterocycles. The Morgan fingerprint density at radius 2 is 2.18 bits per heavy atom. The van der Waals surface area contributed by atoms with E-state index in [4.69, 9.17) is 11.6 Å². The first kappa shape index (κ1) is 14.8. The lowest BCUT2D eigenvalue weighted by Crippen LogP contribution is -2.30. The second-order valence-electron chi connectivity index (χ2n) is 5.47. The summed E-state index contributed by atoms with van der Waals surface area (Å²) in [4.78, 5) is 24.1. The van der Waals surface area contributed by atoms with Crippen LogP contribution >= 0.6 is 11.6 Å². The van der Waals surface area contributed by atoms with Crippen molar-refractivity contribution in [2.24, 2.45) is 0 Å². The first-order valence-corrected chi connectivity index (χ1v) is 7.56. The molecule has 22 heavy (non-hydrogen) atoms. The predicted molar refractivity (Wildman–Crippen MR) is 85.3 cm³/mol. The van der Waals surface area contributed by atoms with Gasteiger partial charge in [0.2, 0.25) is 5.91 Å². The lowest BCUT2D eigenvalue weighted by atomic mass is 10.2. The maximum atomic E-state index is 12.1.